The number of hydrogen-bond acceptors (Lipinski definition) is 5. The zero-order valence-corrected chi connectivity index (χ0v) is 13.6. The van der Waals surface area contributed by atoms with Crippen LogP contribution in [0.4, 0.5) is 18.9 Å². The molecule has 1 aromatic carbocycles. The predicted octanol–water partition coefficient (Wildman–Crippen LogP) is 2.67. The molecule has 0 fully saturated rings. The van der Waals surface area contributed by atoms with Crippen LogP contribution in [0.3, 0.4) is 0 Å². The molecule has 6 nitrogen and oxygen atoms in total. The third-order valence-corrected chi connectivity index (χ3v) is 4.03. The summed E-state index contributed by atoms with van der Waals surface area (Å²) in [6.07, 6.45) is -2.14. The average molecular weight is 386 g/mol. The van der Waals surface area contributed by atoms with E-state index < -0.39 is 30.1 Å². The molecule has 0 bridgehead atoms. The minimum absolute atomic E-state index is 0.0803. The number of hydrogen-bond donors (Lipinski definition) is 2. The van der Waals surface area contributed by atoms with Crippen LogP contribution in [0.15, 0.2) is 17.2 Å². The molecule has 0 spiro atoms. The number of rotatable bonds is 5. The third-order valence-electron chi connectivity index (χ3n) is 3.33. The summed E-state index contributed by atoms with van der Waals surface area (Å²) in [5, 5.41) is 21.7. The van der Waals surface area contributed by atoms with E-state index in [9.17, 15) is 23.1 Å². The number of alkyl halides is 3. The van der Waals surface area contributed by atoms with Crippen LogP contribution in [0, 0.1) is 5.82 Å². The van der Waals surface area contributed by atoms with Gasteiger partial charge in [0.1, 0.15) is 22.7 Å². The smallest absolute Gasteiger partial charge is 0.321 e. The van der Waals surface area contributed by atoms with Crippen LogP contribution in [-0.2, 0) is 11.2 Å². The first-order valence-corrected chi connectivity index (χ1v) is 7.38. The molecule has 0 amide bonds. The average Bonchev–Trinajstić information content (AvgIpc) is 2.76. The fourth-order valence-corrected chi connectivity index (χ4v) is 2.55. The summed E-state index contributed by atoms with van der Waals surface area (Å²) in [6.45, 7) is -1.81. The second-order valence-corrected chi connectivity index (χ2v) is 5.86. The van der Waals surface area contributed by atoms with Crippen molar-refractivity contribution in [2.45, 2.75) is 31.6 Å². The summed E-state index contributed by atoms with van der Waals surface area (Å²) in [5.41, 5.74) is -0.162. The number of carboxylic acids is 1. The molecule has 2 rings (SSSR count). The Hall–Kier alpha value is -1.71. The molecule has 24 heavy (non-hydrogen) atoms. The summed E-state index contributed by atoms with van der Waals surface area (Å²) in [7, 11) is 0. The number of carbonyl (C=O) groups is 1. The molecule has 1 aromatic rings. The molecule has 2 atom stereocenters. The number of anilines is 1. The van der Waals surface area contributed by atoms with Gasteiger partial charge in [0.2, 0.25) is 6.35 Å². The molecule has 1 heterocycles. The van der Waals surface area contributed by atoms with Crippen LogP contribution in [0.25, 0.3) is 0 Å². The second-order valence-electron chi connectivity index (χ2n) is 4.93. The van der Waals surface area contributed by atoms with Crippen molar-refractivity contribution >= 4 is 40.7 Å². The number of hydrazone groups is 1. The normalized spacial score (nSPS) is 19.0. The standard InChI is InChI=1S/C13H12Cl2F3N3O3/c1-5-19-21(13(24)20(5)12(17)18)10-3-6(2-8(15)11(22)23)7(14)4-9(10)16/h3-4,8,12-13,24H,2H2,1H3,(H,22,23). The summed E-state index contributed by atoms with van der Waals surface area (Å²) >= 11 is 11.5. The molecular formula is C13H12Cl2F3N3O3. The van der Waals surface area contributed by atoms with Gasteiger partial charge in [0.05, 0.1) is 0 Å². The Balaban J connectivity index is 2.39. The maximum Gasteiger partial charge on any atom is 0.321 e. The van der Waals surface area contributed by atoms with Gasteiger partial charge in [0.15, 0.2) is 0 Å². The topological polar surface area (TPSA) is 76.4 Å². The quantitative estimate of drug-likeness (QED) is 0.601. The van der Waals surface area contributed by atoms with Gasteiger partial charge in [-0.3, -0.25) is 9.69 Å². The number of carboxylic acid groups (broad SMARTS) is 1. The molecule has 2 unspecified atom stereocenters. The van der Waals surface area contributed by atoms with Crippen LogP contribution in [0.1, 0.15) is 12.5 Å². The molecule has 0 saturated carbocycles. The number of halogens is 5. The van der Waals surface area contributed by atoms with Crippen molar-refractivity contribution in [3.05, 3.63) is 28.5 Å². The Labute approximate surface area is 144 Å². The summed E-state index contributed by atoms with van der Waals surface area (Å²) < 4.78 is 39.9. The van der Waals surface area contributed by atoms with Gasteiger partial charge in [-0.05, 0) is 24.6 Å². The number of aliphatic carboxylic acids is 1. The van der Waals surface area contributed by atoms with Crippen molar-refractivity contribution in [3.8, 4) is 0 Å². The molecule has 0 aliphatic carbocycles. The number of nitrogens with zero attached hydrogens (tertiary/aromatic N) is 3. The van der Waals surface area contributed by atoms with Gasteiger partial charge in [-0.2, -0.15) is 13.9 Å². The van der Waals surface area contributed by atoms with Crippen molar-refractivity contribution < 1.29 is 28.2 Å². The Morgan fingerprint density at radius 3 is 2.58 bits per heavy atom. The van der Waals surface area contributed by atoms with Crippen LogP contribution >= 0.6 is 23.2 Å². The molecule has 0 aromatic heterocycles. The summed E-state index contributed by atoms with van der Waals surface area (Å²) in [4.78, 5) is 11.1. The van der Waals surface area contributed by atoms with E-state index in [0.717, 1.165) is 12.1 Å². The first-order chi connectivity index (χ1) is 11.1. The largest absolute Gasteiger partial charge is 0.480 e. The van der Waals surface area contributed by atoms with E-state index in [-0.39, 0.29) is 33.4 Å². The highest BCUT2D eigenvalue weighted by Gasteiger charge is 2.37. The van der Waals surface area contributed by atoms with Gasteiger partial charge in [0, 0.05) is 11.4 Å². The van der Waals surface area contributed by atoms with Gasteiger partial charge in [-0.1, -0.05) is 11.6 Å². The minimum Gasteiger partial charge on any atom is -0.480 e. The zero-order chi connectivity index (χ0) is 18.2. The molecule has 11 heteroatoms. The monoisotopic (exact) mass is 385 g/mol. The lowest BCUT2D eigenvalue weighted by Crippen LogP contribution is -2.44. The van der Waals surface area contributed by atoms with E-state index in [0.29, 0.717) is 5.01 Å². The van der Waals surface area contributed by atoms with E-state index in [1.54, 1.807) is 0 Å². The van der Waals surface area contributed by atoms with Crippen molar-refractivity contribution in [3.63, 3.8) is 0 Å². The van der Waals surface area contributed by atoms with Gasteiger partial charge >= 0.3 is 12.5 Å². The molecule has 132 valence electrons. The Morgan fingerprint density at radius 2 is 2.08 bits per heavy atom. The Kier molecular flexibility index (Phi) is 5.46. The fraction of sp³-hybridized carbons (Fsp3) is 0.385. The summed E-state index contributed by atoms with van der Waals surface area (Å²) in [6, 6.07) is 1.99. The highest BCUT2D eigenvalue weighted by molar-refractivity contribution is 6.32. The van der Waals surface area contributed by atoms with Crippen LogP contribution in [-0.4, -0.2) is 45.2 Å². The van der Waals surface area contributed by atoms with Crippen LogP contribution in [0.5, 0.6) is 0 Å². The minimum atomic E-state index is -3.04. The van der Waals surface area contributed by atoms with Gasteiger partial charge in [0.25, 0.3) is 0 Å². The second kappa shape index (κ2) is 7.04. The predicted molar refractivity (Wildman–Crippen MR) is 81.8 cm³/mol. The van der Waals surface area contributed by atoms with Gasteiger partial charge < -0.3 is 10.2 Å². The molecule has 1 aliphatic heterocycles. The van der Waals surface area contributed by atoms with E-state index in [1.807, 2.05) is 0 Å². The van der Waals surface area contributed by atoms with E-state index in [1.165, 1.54) is 6.92 Å². The van der Waals surface area contributed by atoms with Crippen LogP contribution in [0.2, 0.25) is 5.02 Å². The van der Waals surface area contributed by atoms with E-state index in [2.05, 4.69) is 5.10 Å². The Bertz CT molecular complexity index is 690. The lowest BCUT2D eigenvalue weighted by molar-refractivity contribution is -0.136. The number of amidine groups is 1. The fourth-order valence-electron chi connectivity index (χ4n) is 2.16. The number of benzene rings is 1. The SMILES string of the molecule is CC1=NN(c2cc(CC(Cl)C(=O)O)c(Cl)cc2F)C(O)N1C(F)F. The molecule has 2 N–H and O–H groups in total. The summed E-state index contributed by atoms with van der Waals surface area (Å²) in [5.74, 6) is -2.43. The lowest BCUT2D eigenvalue weighted by atomic mass is 10.1. The first kappa shape index (κ1) is 18.6. The van der Waals surface area contributed by atoms with E-state index in [4.69, 9.17) is 28.3 Å². The van der Waals surface area contributed by atoms with E-state index >= 15 is 0 Å². The zero-order valence-electron chi connectivity index (χ0n) is 12.1. The molecule has 0 saturated heterocycles. The molecular weight excluding hydrogens is 374 g/mol. The molecule has 0 radical (unpaired) electrons. The number of aliphatic hydroxyl groups excluding tert-OH is 1. The first-order valence-electron chi connectivity index (χ1n) is 6.57. The van der Waals surface area contributed by atoms with Crippen molar-refractivity contribution in [1.82, 2.24) is 4.90 Å². The Morgan fingerprint density at radius 1 is 1.46 bits per heavy atom. The van der Waals surface area contributed by atoms with Crippen LogP contribution < -0.4 is 5.01 Å². The van der Waals surface area contributed by atoms with Crippen molar-refractivity contribution in [2.75, 3.05) is 5.01 Å². The van der Waals surface area contributed by atoms with Gasteiger partial charge in [-0.25, -0.2) is 9.40 Å². The lowest BCUT2D eigenvalue weighted by Gasteiger charge is -2.26. The molecule has 1 aliphatic rings. The third kappa shape index (κ3) is 3.52. The highest BCUT2D eigenvalue weighted by atomic mass is 35.5. The highest BCUT2D eigenvalue weighted by Crippen LogP contribution is 2.33. The van der Waals surface area contributed by atoms with Crippen molar-refractivity contribution in [2.24, 2.45) is 5.10 Å². The maximum atomic E-state index is 14.1. The number of aliphatic hydroxyl groups is 1. The maximum absolute atomic E-state index is 14.1. The van der Waals surface area contributed by atoms with Gasteiger partial charge in [-0.15, -0.1) is 11.6 Å². The van der Waals surface area contributed by atoms with Crippen molar-refractivity contribution in [1.29, 1.82) is 0 Å².